The smallest absolute Gasteiger partial charge is 0.407 e. The minimum absolute atomic E-state index is 0.108. The van der Waals surface area contributed by atoms with E-state index in [4.69, 9.17) is 4.74 Å². The van der Waals surface area contributed by atoms with Crippen molar-refractivity contribution in [2.75, 3.05) is 0 Å². The number of amides is 1. The second-order valence-corrected chi connectivity index (χ2v) is 6.66. The van der Waals surface area contributed by atoms with Gasteiger partial charge in [-0.2, -0.15) is 0 Å². The predicted octanol–water partition coefficient (Wildman–Crippen LogP) is 4.07. The zero-order valence-corrected chi connectivity index (χ0v) is 14.1. The van der Waals surface area contributed by atoms with E-state index < -0.39 is 17.5 Å². The summed E-state index contributed by atoms with van der Waals surface area (Å²) in [6, 6.07) is 3.69. The maximum absolute atomic E-state index is 13.1. The molecular formula is C15H19BrFNO3. The van der Waals surface area contributed by atoms with Crippen LogP contribution < -0.4 is 5.32 Å². The number of hydrogen-bond donors (Lipinski definition) is 1. The number of hydrogen-bond acceptors (Lipinski definition) is 3. The minimum atomic E-state index is -0.588. The van der Waals surface area contributed by atoms with Gasteiger partial charge in [0.1, 0.15) is 11.4 Å². The van der Waals surface area contributed by atoms with Crippen LogP contribution in [-0.2, 0) is 4.74 Å². The summed E-state index contributed by atoms with van der Waals surface area (Å²) in [5.41, 5.74) is -0.198. The number of carbonyl (C=O) groups is 2. The molecule has 0 radical (unpaired) electrons. The molecule has 0 aliphatic heterocycles. The largest absolute Gasteiger partial charge is 0.444 e. The number of nitrogens with one attached hydrogen (secondary N) is 1. The minimum Gasteiger partial charge on any atom is -0.444 e. The Hall–Kier alpha value is -1.43. The Morgan fingerprint density at radius 1 is 1.38 bits per heavy atom. The number of rotatable bonds is 4. The van der Waals surface area contributed by atoms with Crippen LogP contribution in [0.25, 0.3) is 0 Å². The van der Waals surface area contributed by atoms with Crippen LogP contribution in [0.3, 0.4) is 0 Å². The van der Waals surface area contributed by atoms with Gasteiger partial charge in [-0.05, 0) is 61.8 Å². The van der Waals surface area contributed by atoms with Crippen molar-refractivity contribution in [3.63, 3.8) is 0 Å². The Kier molecular flexibility index (Phi) is 5.89. The van der Waals surface area contributed by atoms with E-state index in [0.29, 0.717) is 5.56 Å². The first-order valence-electron chi connectivity index (χ1n) is 6.56. The van der Waals surface area contributed by atoms with Gasteiger partial charge in [0.25, 0.3) is 0 Å². The lowest BCUT2D eigenvalue weighted by molar-refractivity contribution is 0.0506. The predicted molar refractivity (Wildman–Crippen MR) is 81.9 cm³/mol. The molecule has 0 spiro atoms. The van der Waals surface area contributed by atoms with Crippen molar-refractivity contribution < 1.29 is 18.7 Å². The fourth-order valence-corrected chi connectivity index (χ4v) is 2.00. The molecule has 0 aromatic heterocycles. The van der Waals surface area contributed by atoms with E-state index >= 15 is 0 Å². The molecule has 1 rings (SSSR count). The lowest BCUT2D eigenvalue weighted by atomic mass is 10.0. The van der Waals surface area contributed by atoms with Crippen molar-refractivity contribution in [3.05, 3.63) is 34.1 Å². The summed E-state index contributed by atoms with van der Waals surface area (Å²) in [5.74, 6) is -0.606. The molecule has 1 aromatic rings. The summed E-state index contributed by atoms with van der Waals surface area (Å²) in [7, 11) is 0. The Labute approximate surface area is 132 Å². The van der Waals surface area contributed by atoms with Crippen molar-refractivity contribution in [2.24, 2.45) is 0 Å². The number of ketones is 1. The molecule has 0 saturated heterocycles. The summed E-state index contributed by atoms with van der Waals surface area (Å²) in [4.78, 5) is 23.6. The fourth-order valence-electron chi connectivity index (χ4n) is 1.63. The van der Waals surface area contributed by atoms with E-state index in [1.807, 2.05) is 0 Å². The molecule has 1 atom stereocenters. The number of Topliss-reactive ketones (excluding diaryl/α,β-unsaturated/α-hetero) is 1. The van der Waals surface area contributed by atoms with E-state index in [-0.39, 0.29) is 22.7 Å². The van der Waals surface area contributed by atoms with E-state index in [1.54, 1.807) is 27.7 Å². The zero-order chi connectivity index (χ0) is 16.2. The molecule has 1 unspecified atom stereocenters. The molecule has 21 heavy (non-hydrogen) atoms. The van der Waals surface area contributed by atoms with Crippen molar-refractivity contribution in [3.8, 4) is 0 Å². The standard InChI is InChI=1S/C15H19BrFNO3/c1-9(18-14(20)21-15(2,3)4)7-13(19)10-5-6-12(17)11(16)8-10/h5-6,8-9H,7H2,1-4H3,(H,18,20). The second-order valence-electron chi connectivity index (χ2n) is 5.80. The number of carbonyl (C=O) groups excluding carboxylic acids is 2. The Bertz CT molecular complexity index is 540. The van der Waals surface area contributed by atoms with Gasteiger partial charge in [-0.1, -0.05) is 0 Å². The van der Waals surface area contributed by atoms with Gasteiger partial charge in [-0.25, -0.2) is 9.18 Å². The summed E-state index contributed by atoms with van der Waals surface area (Å²) in [6.07, 6.45) is -0.458. The van der Waals surface area contributed by atoms with Gasteiger partial charge in [0.05, 0.1) is 4.47 Å². The van der Waals surface area contributed by atoms with Gasteiger partial charge in [0, 0.05) is 18.0 Å². The van der Waals surface area contributed by atoms with E-state index in [1.165, 1.54) is 18.2 Å². The van der Waals surface area contributed by atoms with Crippen molar-refractivity contribution in [1.29, 1.82) is 0 Å². The fraction of sp³-hybridized carbons (Fsp3) is 0.467. The number of ether oxygens (including phenoxy) is 1. The maximum atomic E-state index is 13.1. The highest BCUT2D eigenvalue weighted by molar-refractivity contribution is 9.10. The van der Waals surface area contributed by atoms with Crippen LogP contribution in [0.1, 0.15) is 44.5 Å². The molecule has 0 aliphatic rings. The molecule has 0 bridgehead atoms. The van der Waals surface area contributed by atoms with Crippen LogP contribution in [0.15, 0.2) is 22.7 Å². The Morgan fingerprint density at radius 2 is 2.00 bits per heavy atom. The molecule has 1 N–H and O–H groups in total. The van der Waals surface area contributed by atoms with Crippen LogP contribution in [0.5, 0.6) is 0 Å². The third kappa shape index (κ3) is 6.25. The second kappa shape index (κ2) is 7.02. The molecule has 1 aromatic carbocycles. The lowest BCUT2D eigenvalue weighted by Gasteiger charge is -2.21. The molecule has 6 heteroatoms. The monoisotopic (exact) mass is 359 g/mol. The molecule has 1 amide bonds. The molecule has 0 saturated carbocycles. The van der Waals surface area contributed by atoms with E-state index in [2.05, 4.69) is 21.2 Å². The third-order valence-electron chi connectivity index (χ3n) is 2.50. The highest BCUT2D eigenvalue weighted by Crippen LogP contribution is 2.18. The molecule has 0 aliphatic carbocycles. The normalized spacial score (nSPS) is 12.7. The van der Waals surface area contributed by atoms with E-state index in [0.717, 1.165) is 0 Å². The van der Waals surface area contributed by atoms with Gasteiger partial charge in [0.15, 0.2) is 5.78 Å². The summed E-state index contributed by atoms with van der Waals surface area (Å²) in [6.45, 7) is 7.00. The summed E-state index contributed by atoms with van der Waals surface area (Å²) < 4.78 is 18.5. The van der Waals surface area contributed by atoms with Crippen molar-refractivity contribution in [1.82, 2.24) is 5.32 Å². The van der Waals surface area contributed by atoms with Crippen LogP contribution in [0.2, 0.25) is 0 Å². The van der Waals surface area contributed by atoms with E-state index in [9.17, 15) is 14.0 Å². The molecule has 0 heterocycles. The first-order chi connectivity index (χ1) is 9.58. The Balaban J connectivity index is 2.58. The SMILES string of the molecule is CC(CC(=O)c1ccc(F)c(Br)c1)NC(=O)OC(C)(C)C. The van der Waals surface area contributed by atoms with Crippen LogP contribution >= 0.6 is 15.9 Å². The number of alkyl carbamates (subject to hydrolysis) is 1. The first kappa shape index (κ1) is 17.6. The zero-order valence-electron chi connectivity index (χ0n) is 12.5. The highest BCUT2D eigenvalue weighted by atomic mass is 79.9. The molecule has 116 valence electrons. The molecule has 4 nitrogen and oxygen atoms in total. The quantitative estimate of drug-likeness (QED) is 0.824. The van der Waals surface area contributed by atoms with Crippen molar-refractivity contribution in [2.45, 2.75) is 45.8 Å². The lowest BCUT2D eigenvalue weighted by Crippen LogP contribution is -2.38. The van der Waals surface area contributed by atoms with Crippen LogP contribution in [-0.4, -0.2) is 23.5 Å². The Morgan fingerprint density at radius 3 is 2.52 bits per heavy atom. The summed E-state index contributed by atoms with van der Waals surface area (Å²) >= 11 is 3.04. The van der Waals surface area contributed by atoms with Gasteiger partial charge in [0.2, 0.25) is 0 Å². The molecule has 0 fully saturated rings. The average molecular weight is 360 g/mol. The van der Waals surface area contributed by atoms with Gasteiger partial charge < -0.3 is 10.1 Å². The van der Waals surface area contributed by atoms with Gasteiger partial charge >= 0.3 is 6.09 Å². The first-order valence-corrected chi connectivity index (χ1v) is 7.35. The topological polar surface area (TPSA) is 55.4 Å². The van der Waals surface area contributed by atoms with Gasteiger partial charge in [-0.3, -0.25) is 4.79 Å². The average Bonchev–Trinajstić information content (AvgIpc) is 2.29. The summed E-state index contributed by atoms with van der Waals surface area (Å²) in [5, 5.41) is 2.60. The third-order valence-corrected chi connectivity index (χ3v) is 3.10. The number of benzene rings is 1. The van der Waals surface area contributed by atoms with Gasteiger partial charge in [-0.15, -0.1) is 0 Å². The highest BCUT2D eigenvalue weighted by Gasteiger charge is 2.19. The van der Waals surface area contributed by atoms with Crippen LogP contribution in [0.4, 0.5) is 9.18 Å². The van der Waals surface area contributed by atoms with Crippen molar-refractivity contribution >= 4 is 27.8 Å². The number of halogens is 2. The maximum Gasteiger partial charge on any atom is 0.407 e. The molecular weight excluding hydrogens is 341 g/mol. The van der Waals surface area contributed by atoms with Crippen LogP contribution in [0, 0.1) is 5.82 Å².